The maximum atomic E-state index is 8.10. The van der Waals surface area contributed by atoms with Crippen molar-refractivity contribution in [2.45, 2.75) is 20.3 Å². The Morgan fingerprint density at radius 2 is 1.11 bits per heavy atom. The van der Waals surface area contributed by atoms with Crippen LogP contribution in [0.15, 0.2) is 97.3 Å². The van der Waals surface area contributed by atoms with Gasteiger partial charge >= 0.3 is 223 Å². The molecule has 0 radical (unpaired) electrons. The summed E-state index contributed by atoms with van der Waals surface area (Å²) < 4.78 is 0.137. The summed E-state index contributed by atoms with van der Waals surface area (Å²) >= 11 is -4.54. The number of fused-ring (bicyclic) bond motifs is 2. The first kappa shape index (κ1) is 24.2. The summed E-state index contributed by atoms with van der Waals surface area (Å²) in [5.41, 5.74) is 9.18. The number of aromatic nitrogens is 2. The van der Waals surface area contributed by atoms with Crippen molar-refractivity contribution >= 4 is 35.1 Å². The van der Waals surface area contributed by atoms with Crippen LogP contribution in [-0.2, 0) is 15.6 Å². The van der Waals surface area contributed by atoms with E-state index in [0.29, 0.717) is 0 Å². The Balaban J connectivity index is 1.50. The van der Waals surface area contributed by atoms with Crippen LogP contribution >= 0.6 is 17.0 Å². The summed E-state index contributed by atoms with van der Waals surface area (Å²) in [6, 6.07) is 25.1. The molecule has 2 heterocycles. The van der Waals surface area contributed by atoms with Gasteiger partial charge in [-0.25, -0.2) is 0 Å². The SMILES string of the molecule is C[SiH](C)[Zr]([Cl])([Cl])([CH]1C=Cc2c(-c3ccccn3)cccc21)[CH]1C=Cc2c(-c3ccccn3)cccc21. The minimum absolute atomic E-state index is 0.0687. The minimum atomic E-state index is -4.54. The van der Waals surface area contributed by atoms with Crippen LogP contribution < -0.4 is 0 Å². The molecule has 4 aromatic rings. The number of benzene rings is 2. The van der Waals surface area contributed by atoms with Gasteiger partial charge in [0.15, 0.2) is 0 Å². The zero-order valence-corrected chi connectivity index (χ0v) is 25.4. The van der Waals surface area contributed by atoms with Gasteiger partial charge in [-0.3, -0.25) is 0 Å². The summed E-state index contributed by atoms with van der Waals surface area (Å²) in [5, 5.41) is 0. The van der Waals surface area contributed by atoms with E-state index in [9.17, 15) is 0 Å². The molecule has 179 valence electrons. The van der Waals surface area contributed by atoms with Crippen molar-refractivity contribution in [3.63, 3.8) is 0 Å². The Bertz CT molecular complexity index is 1410. The third kappa shape index (κ3) is 3.61. The molecular formula is C30H27Cl2N2SiZr. The van der Waals surface area contributed by atoms with E-state index in [-0.39, 0.29) is 7.25 Å². The number of hydrogen-bond acceptors (Lipinski definition) is 2. The zero-order chi connectivity index (χ0) is 24.9. The summed E-state index contributed by atoms with van der Waals surface area (Å²) in [6.45, 7) is 4.71. The molecule has 0 amide bonds. The van der Waals surface area contributed by atoms with Crippen LogP contribution in [-0.4, -0.2) is 15.9 Å². The van der Waals surface area contributed by atoms with E-state index in [4.69, 9.17) is 17.0 Å². The number of rotatable bonds is 5. The van der Waals surface area contributed by atoms with E-state index in [1.807, 2.05) is 36.7 Å². The fraction of sp³-hybridized carbons (Fsp3) is 0.133. The second kappa shape index (κ2) is 9.03. The van der Waals surface area contributed by atoms with Crippen molar-refractivity contribution in [3.8, 4) is 22.5 Å². The summed E-state index contributed by atoms with van der Waals surface area (Å²) in [5.74, 6) is -1.51. The van der Waals surface area contributed by atoms with Crippen LogP contribution in [0, 0.1) is 0 Å². The van der Waals surface area contributed by atoms with E-state index in [1.54, 1.807) is 0 Å². The van der Waals surface area contributed by atoms with Gasteiger partial charge in [0.2, 0.25) is 0 Å². The number of halogens is 2. The van der Waals surface area contributed by atoms with Gasteiger partial charge in [-0.05, 0) is 0 Å². The molecule has 2 atom stereocenters. The zero-order valence-electron chi connectivity index (χ0n) is 20.3. The molecule has 6 rings (SSSR count). The van der Waals surface area contributed by atoms with Crippen molar-refractivity contribution in [2.75, 3.05) is 0 Å². The van der Waals surface area contributed by atoms with Gasteiger partial charge in [0.05, 0.1) is 0 Å². The van der Waals surface area contributed by atoms with Crippen molar-refractivity contribution < 1.29 is 15.6 Å². The second-order valence-electron chi connectivity index (χ2n) is 10.1. The van der Waals surface area contributed by atoms with Crippen molar-refractivity contribution in [1.29, 1.82) is 0 Å². The first-order chi connectivity index (χ1) is 17.4. The molecule has 0 spiro atoms. The first-order valence-electron chi connectivity index (χ1n) is 12.4. The Labute approximate surface area is 221 Å². The Morgan fingerprint density at radius 3 is 1.50 bits per heavy atom. The Kier molecular flexibility index (Phi) is 6.08. The third-order valence-corrected chi connectivity index (χ3v) is 60.1. The van der Waals surface area contributed by atoms with Crippen LogP contribution in [0.25, 0.3) is 34.7 Å². The Morgan fingerprint density at radius 1 is 0.639 bits per heavy atom. The van der Waals surface area contributed by atoms with E-state index in [2.05, 4.69) is 95.9 Å². The number of pyridine rings is 2. The number of allylic oxidation sites excluding steroid dienone is 2. The van der Waals surface area contributed by atoms with Gasteiger partial charge in [-0.15, -0.1) is 0 Å². The molecule has 0 N–H and O–H groups in total. The number of nitrogens with zero attached hydrogens (tertiary/aromatic N) is 2. The van der Waals surface area contributed by atoms with Crippen LogP contribution in [0.1, 0.15) is 29.5 Å². The van der Waals surface area contributed by atoms with Crippen molar-refractivity contribution in [2.24, 2.45) is 0 Å². The van der Waals surface area contributed by atoms with Gasteiger partial charge in [-0.1, -0.05) is 0 Å². The van der Waals surface area contributed by atoms with Crippen LogP contribution in [0.3, 0.4) is 0 Å². The predicted octanol–water partition coefficient (Wildman–Crippen LogP) is 8.63. The molecule has 0 bridgehead atoms. The van der Waals surface area contributed by atoms with Gasteiger partial charge < -0.3 is 0 Å². The second-order valence-corrected chi connectivity index (χ2v) is 52.8. The van der Waals surface area contributed by atoms with E-state index in [1.165, 1.54) is 22.3 Å². The van der Waals surface area contributed by atoms with Gasteiger partial charge in [0.25, 0.3) is 0 Å². The molecule has 0 fully saturated rings. The molecule has 6 heteroatoms. The fourth-order valence-corrected chi connectivity index (χ4v) is 33.4. The van der Waals surface area contributed by atoms with E-state index < -0.39 is 21.5 Å². The average Bonchev–Trinajstić information content (AvgIpc) is 3.55. The van der Waals surface area contributed by atoms with E-state index >= 15 is 0 Å². The Hall–Kier alpha value is -2.10. The van der Waals surface area contributed by atoms with Crippen LogP contribution in [0.4, 0.5) is 0 Å². The number of hydrogen-bond donors (Lipinski definition) is 0. The van der Waals surface area contributed by atoms with Gasteiger partial charge in [0.1, 0.15) is 0 Å². The third-order valence-electron chi connectivity index (χ3n) is 8.03. The normalized spacial score (nSPS) is 19.2. The summed E-state index contributed by atoms with van der Waals surface area (Å²) in [7, 11) is 16.2. The van der Waals surface area contributed by atoms with Gasteiger partial charge in [-0.2, -0.15) is 0 Å². The quantitative estimate of drug-likeness (QED) is 0.213. The first-order valence-corrected chi connectivity index (χ1v) is 28.7. The molecule has 36 heavy (non-hydrogen) atoms. The standard InChI is InChI=1S/2C14H10N.C2H7Si.2ClH.Zr/c2*1-2-10-15-14(9-1)13-8-4-6-11-5-3-7-12(11)13;1-3-2;;;/h2*1-10H;3H,1-2H3;2*1H;/q;;;;;+2/p-2. The average molecular weight is 606 g/mol. The summed E-state index contributed by atoms with van der Waals surface area (Å²) in [6.07, 6.45) is 12.8. The van der Waals surface area contributed by atoms with Crippen molar-refractivity contribution in [1.82, 2.24) is 9.97 Å². The predicted molar refractivity (Wildman–Crippen MR) is 153 cm³/mol. The topological polar surface area (TPSA) is 25.8 Å². The fourth-order valence-electron chi connectivity index (χ4n) is 6.04. The molecule has 0 aliphatic heterocycles. The molecule has 2 aliphatic carbocycles. The molecule has 0 saturated heterocycles. The van der Waals surface area contributed by atoms with Crippen molar-refractivity contribution in [3.05, 3.63) is 120 Å². The molecule has 2 aliphatic rings. The van der Waals surface area contributed by atoms with Crippen LogP contribution in [0.2, 0.25) is 13.1 Å². The molecule has 2 aromatic carbocycles. The van der Waals surface area contributed by atoms with Crippen LogP contribution in [0.5, 0.6) is 0 Å². The summed E-state index contributed by atoms with van der Waals surface area (Å²) in [4.78, 5) is 9.24. The molecule has 0 saturated carbocycles. The molecule has 2 nitrogen and oxygen atoms in total. The molecule has 2 aromatic heterocycles. The molecule has 2 unspecified atom stereocenters. The maximum absolute atomic E-state index is 8.10. The van der Waals surface area contributed by atoms with E-state index in [0.717, 1.165) is 22.5 Å². The monoisotopic (exact) mass is 603 g/mol. The molecular weight excluding hydrogens is 579 g/mol. The van der Waals surface area contributed by atoms with Gasteiger partial charge in [0, 0.05) is 0 Å².